The molecule has 0 spiro atoms. The van der Waals surface area contributed by atoms with Gasteiger partial charge in [-0.05, 0) is 50.7 Å². The average Bonchev–Trinajstić information content (AvgIpc) is 3.41. The van der Waals surface area contributed by atoms with E-state index < -0.39 is 0 Å². The molecule has 2 atom stereocenters. The van der Waals surface area contributed by atoms with Gasteiger partial charge in [-0.25, -0.2) is 15.0 Å². The standard InChI is InChI=1S/C20H25N5/c1-14-12-19(23-20(22-14)16-5-6-16)25-11-8-15-7-10-24(13-17(15)25)18-4-2-3-9-21-18/h2-4,9,12,15-17H,5-8,10-11,13H2,1H3. The number of aryl methyl sites for hydroxylation is 1. The van der Waals surface area contributed by atoms with Gasteiger partial charge < -0.3 is 9.80 Å². The van der Waals surface area contributed by atoms with Crippen LogP contribution in [0.5, 0.6) is 0 Å². The van der Waals surface area contributed by atoms with Crippen LogP contribution in [0.1, 0.15) is 43.1 Å². The zero-order chi connectivity index (χ0) is 16.8. The highest BCUT2D eigenvalue weighted by molar-refractivity contribution is 5.47. The van der Waals surface area contributed by atoms with Gasteiger partial charge in [0, 0.05) is 43.5 Å². The largest absolute Gasteiger partial charge is 0.355 e. The van der Waals surface area contributed by atoms with Crippen molar-refractivity contribution in [1.82, 2.24) is 15.0 Å². The summed E-state index contributed by atoms with van der Waals surface area (Å²) in [4.78, 5) is 19.2. The van der Waals surface area contributed by atoms with Gasteiger partial charge in [-0.3, -0.25) is 0 Å². The summed E-state index contributed by atoms with van der Waals surface area (Å²) in [6, 6.07) is 8.91. The molecule has 5 rings (SSSR count). The highest BCUT2D eigenvalue weighted by Crippen LogP contribution is 2.40. The lowest BCUT2D eigenvalue weighted by Gasteiger charge is -2.39. The van der Waals surface area contributed by atoms with Crippen molar-refractivity contribution in [3.63, 3.8) is 0 Å². The minimum atomic E-state index is 0.539. The van der Waals surface area contributed by atoms with Crippen LogP contribution in [0.25, 0.3) is 0 Å². The van der Waals surface area contributed by atoms with E-state index in [0.29, 0.717) is 12.0 Å². The molecule has 4 heterocycles. The van der Waals surface area contributed by atoms with E-state index in [1.165, 1.54) is 25.7 Å². The highest BCUT2D eigenvalue weighted by atomic mass is 15.3. The number of anilines is 2. The van der Waals surface area contributed by atoms with Crippen LogP contribution >= 0.6 is 0 Å². The second-order valence-electron chi connectivity index (χ2n) is 7.73. The lowest BCUT2D eigenvalue weighted by molar-refractivity contribution is 0.388. The fraction of sp³-hybridized carbons (Fsp3) is 0.550. The van der Waals surface area contributed by atoms with Crippen molar-refractivity contribution in [3.8, 4) is 0 Å². The summed E-state index contributed by atoms with van der Waals surface area (Å²) in [6.45, 7) is 5.38. The minimum Gasteiger partial charge on any atom is -0.355 e. The van der Waals surface area contributed by atoms with E-state index in [-0.39, 0.29) is 0 Å². The Labute approximate surface area is 149 Å². The molecule has 0 aromatic carbocycles. The van der Waals surface area contributed by atoms with Crippen LogP contribution in [-0.2, 0) is 0 Å². The van der Waals surface area contributed by atoms with Crippen LogP contribution in [0.3, 0.4) is 0 Å². The molecule has 1 aliphatic carbocycles. The lowest BCUT2D eigenvalue weighted by atomic mass is 9.92. The number of hydrogen-bond acceptors (Lipinski definition) is 5. The van der Waals surface area contributed by atoms with Gasteiger partial charge in [-0.2, -0.15) is 0 Å². The molecule has 130 valence electrons. The Morgan fingerprint density at radius 1 is 1.00 bits per heavy atom. The topological polar surface area (TPSA) is 45.2 Å². The lowest BCUT2D eigenvalue weighted by Crippen LogP contribution is -2.48. The van der Waals surface area contributed by atoms with Crippen molar-refractivity contribution < 1.29 is 0 Å². The third-order valence-electron chi connectivity index (χ3n) is 5.93. The smallest absolute Gasteiger partial charge is 0.134 e. The maximum atomic E-state index is 4.95. The maximum absolute atomic E-state index is 4.95. The second-order valence-corrected chi connectivity index (χ2v) is 7.73. The monoisotopic (exact) mass is 335 g/mol. The van der Waals surface area contributed by atoms with Crippen molar-refractivity contribution in [1.29, 1.82) is 0 Å². The summed E-state index contributed by atoms with van der Waals surface area (Å²) >= 11 is 0. The van der Waals surface area contributed by atoms with Gasteiger partial charge in [0.15, 0.2) is 0 Å². The Kier molecular flexibility index (Phi) is 3.61. The summed E-state index contributed by atoms with van der Waals surface area (Å²) in [7, 11) is 0. The van der Waals surface area contributed by atoms with Gasteiger partial charge in [0.25, 0.3) is 0 Å². The molecule has 2 aliphatic heterocycles. The zero-order valence-corrected chi connectivity index (χ0v) is 14.8. The molecule has 0 N–H and O–H groups in total. The van der Waals surface area contributed by atoms with Gasteiger partial charge in [0.1, 0.15) is 17.5 Å². The number of aromatic nitrogens is 3. The molecule has 0 bridgehead atoms. The molecule has 2 aromatic heterocycles. The third kappa shape index (κ3) is 2.86. The molecule has 2 unspecified atom stereocenters. The van der Waals surface area contributed by atoms with Crippen molar-refractivity contribution in [3.05, 3.63) is 42.0 Å². The fourth-order valence-electron chi connectivity index (χ4n) is 4.42. The SMILES string of the molecule is Cc1cc(N2CCC3CCN(c4ccccn4)CC32)nc(C2CC2)n1. The van der Waals surface area contributed by atoms with Crippen LogP contribution in [0.15, 0.2) is 30.5 Å². The first kappa shape index (κ1) is 15.1. The summed E-state index contributed by atoms with van der Waals surface area (Å²) in [5.41, 5.74) is 1.10. The number of nitrogens with zero attached hydrogens (tertiary/aromatic N) is 5. The van der Waals surface area contributed by atoms with Crippen LogP contribution in [0.4, 0.5) is 11.6 Å². The van der Waals surface area contributed by atoms with Crippen LogP contribution in [0.2, 0.25) is 0 Å². The first-order chi connectivity index (χ1) is 12.3. The molecular formula is C20H25N5. The van der Waals surface area contributed by atoms with Crippen LogP contribution < -0.4 is 9.80 Å². The molecule has 2 saturated heterocycles. The minimum absolute atomic E-state index is 0.539. The van der Waals surface area contributed by atoms with E-state index in [1.54, 1.807) is 0 Å². The molecule has 2 aromatic rings. The number of fused-ring (bicyclic) bond motifs is 1. The fourth-order valence-corrected chi connectivity index (χ4v) is 4.42. The van der Waals surface area contributed by atoms with Gasteiger partial charge in [0.2, 0.25) is 0 Å². The molecule has 25 heavy (non-hydrogen) atoms. The van der Waals surface area contributed by atoms with E-state index >= 15 is 0 Å². The molecule has 3 aliphatic rings. The Balaban J connectivity index is 1.41. The van der Waals surface area contributed by atoms with Crippen LogP contribution in [-0.4, -0.2) is 40.6 Å². The average molecular weight is 335 g/mol. The number of rotatable bonds is 3. The number of hydrogen-bond donors (Lipinski definition) is 0. The zero-order valence-electron chi connectivity index (χ0n) is 14.8. The van der Waals surface area contributed by atoms with E-state index in [1.807, 2.05) is 12.3 Å². The van der Waals surface area contributed by atoms with Crippen molar-refractivity contribution in [2.75, 3.05) is 29.4 Å². The van der Waals surface area contributed by atoms with E-state index in [4.69, 9.17) is 4.98 Å². The first-order valence-corrected chi connectivity index (χ1v) is 9.56. The van der Waals surface area contributed by atoms with Crippen LogP contribution in [0, 0.1) is 12.8 Å². The van der Waals surface area contributed by atoms with Crippen molar-refractivity contribution >= 4 is 11.6 Å². The molecule has 3 fully saturated rings. The number of piperidine rings is 1. The molecule has 1 saturated carbocycles. The van der Waals surface area contributed by atoms with Gasteiger partial charge >= 0.3 is 0 Å². The van der Waals surface area contributed by atoms with Gasteiger partial charge in [0.05, 0.1) is 6.04 Å². The highest BCUT2D eigenvalue weighted by Gasteiger charge is 2.40. The first-order valence-electron chi connectivity index (χ1n) is 9.56. The third-order valence-corrected chi connectivity index (χ3v) is 5.93. The summed E-state index contributed by atoms with van der Waals surface area (Å²) < 4.78 is 0. The normalized spacial score (nSPS) is 26.0. The maximum Gasteiger partial charge on any atom is 0.134 e. The molecule has 0 amide bonds. The van der Waals surface area contributed by atoms with E-state index in [2.05, 4.69) is 44.9 Å². The Morgan fingerprint density at radius 3 is 2.68 bits per heavy atom. The second kappa shape index (κ2) is 5.97. The molecule has 5 nitrogen and oxygen atoms in total. The summed E-state index contributed by atoms with van der Waals surface area (Å²) in [6.07, 6.45) is 6.92. The quantitative estimate of drug-likeness (QED) is 0.862. The van der Waals surface area contributed by atoms with Crippen molar-refractivity contribution in [2.24, 2.45) is 5.92 Å². The molecular weight excluding hydrogens is 310 g/mol. The molecule has 5 heteroatoms. The Hall–Kier alpha value is -2.17. The predicted octanol–water partition coefficient (Wildman–Crippen LogP) is 3.16. The summed E-state index contributed by atoms with van der Waals surface area (Å²) in [5.74, 6) is 4.69. The summed E-state index contributed by atoms with van der Waals surface area (Å²) in [5, 5.41) is 0. The van der Waals surface area contributed by atoms with Gasteiger partial charge in [-0.15, -0.1) is 0 Å². The van der Waals surface area contributed by atoms with E-state index in [0.717, 1.165) is 48.7 Å². The Bertz CT molecular complexity index is 758. The van der Waals surface area contributed by atoms with Gasteiger partial charge in [-0.1, -0.05) is 6.07 Å². The number of pyridine rings is 1. The van der Waals surface area contributed by atoms with E-state index in [9.17, 15) is 0 Å². The van der Waals surface area contributed by atoms with Crippen molar-refractivity contribution in [2.45, 2.75) is 44.6 Å². The predicted molar refractivity (Wildman–Crippen MR) is 99.1 cm³/mol. The Morgan fingerprint density at radius 2 is 1.88 bits per heavy atom. The molecule has 0 radical (unpaired) electrons.